The summed E-state index contributed by atoms with van der Waals surface area (Å²) in [6, 6.07) is 31.0. The third-order valence-electron chi connectivity index (χ3n) is 16.1. The fourth-order valence-electron chi connectivity index (χ4n) is 11.0. The van der Waals surface area contributed by atoms with Crippen molar-refractivity contribution in [3.05, 3.63) is 144 Å². The quantitative estimate of drug-likeness (QED) is 0.0168. The molecule has 5 aromatic carbocycles. The van der Waals surface area contributed by atoms with Crippen molar-refractivity contribution < 1.29 is 137 Å². The molecular formula is C68H84N6NaO22S2+. The summed E-state index contributed by atoms with van der Waals surface area (Å²) < 4.78 is 34.0. The van der Waals surface area contributed by atoms with Gasteiger partial charge in [-0.1, -0.05) is 60.7 Å². The van der Waals surface area contributed by atoms with E-state index in [1.165, 1.54) is 47.8 Å². The Balaban J connectivity index is 0.0000155. The molecule has 6 amide bonds. The normalized spacial score (nSPS) is 21.6. The SMILES string of the molecule is COc1ccccc1-c1ccc(C(=O)NC[C@@H](O)C(O)[C@@H]2O[C@@](OCCCSCCNC(=O)c3ccc(C(=O)NCCSCCCO[C@]4(C(=O)O)C[C@H](O)[C@@H](NC(C)=O)[C@H](C(O)[C@H](O)CNC(=O)c5ccc(-c6ccccc6OC)cc5)O4)cc3)(C(=O)O)C[C@H](O)[C@H]2NC(C)=O)cc1.[Na+]. The summed E-state index contributed by atoms with van der Waals surface area (Å²) in [5.41, 5.74) is 4.21. The van der Waals surface area contributed by atoms with Gasteiger partial charge in [-0.05, 0) is 96.1 Å². The molecular weight excluding hydrogens is 1340 g/mol. The third kappa shape index (κ3) is 22.4. The van der Waals surface area contributed by atoms with Crippen LogP contribution in [0.15, 0.2) is 121 Å². The minimum absolute atomic E-state index is 0. The van der Waals surface area contributed by atoms with Gasteiger partial charge in [-0.25, -0.2) is 9.59 Å². The number of aliphatic hydroxyl groups is 6. The zero-order valence-corrected chi connectivity index (χ0v) is 59.0. The smallest absolute Gasteiger partial charge is 0.496 e. The van der Waals surface area contributed by atoms with Crippen molar-refractivity contribution in [1.29, 1.82) is 0 Å². The second-order valence-corrected chi connectivity index (χ2v) is 25.5. The molecule has 2 saturated heterocycles. The summed E-state index contributed by atoms with van der Waals surface area (Å²) in [5.74, 6) is -8.52. The van der Waals surface area contributed by atoms with Gasteiger partial charge in [0.1, 0.15) is 35.9 Å². The molecule has 99 heavy (non-hydrogen) atoms. The number of aliphatic hydroxyl groups excluding tert-OH is 6. The topological polar surface area (TPSA) is 426 Å². The van der Waals surface area contributed by atoms with Gasteiger partial charge in [0.15, 0.2) is 0 Å². The number of thioether (sulfide) groups is 2. The number of benzene rings is 5. The first kappa shape index (κ1) is 80.7. The van der Waals surface area contributed by atoms with Gasteiger partial charge in [-0.15, -0.1) is 0 Å². The Labute approximate surface area is 602 Å². The Morgan fingerprint density at radius 3 is 1.14 bits per heavy atom. The van der Waals surface area contributed by atoms with Crippen molar-refractivity contribution in [1.82, 2.24) is 31.9 Å². The molecule has 0 spiro atoms. The van der Waals surface area contributed by atoms with Gasteiger partial charge in [-0.3, -0.25) is 28.8 Å². The van der Waals surface area contributed by atoms with Crippen LogP contribution in [0, 0.1) is 0 Å². The zero-order valence-electron chi connectivity index (χ0n) is 55.3. The van der Waals surface area contributed by atoms with E-state index in [9.17, 15) is 79.2 Å². The molecule has 2 heterocycles. The monoisotopic (exact) mass is 1420 g/mol. The number of ether oxygens (including phenoxy) is 6. The standard InChI is InChI=1S/C68H84N6O22S2.Na/c1-39(75)73-55-49(77)35-67(65(87)88,95-59(55)57(81)51(79)37-71-63(85)45-19-15-41(16-20-45)47-11-5-7-13-53(47)91-3)93-29-9-31-97-33-27-69-61(83)43-23-25-44(26-24-43)62(84)70-28-34-98-32-10-30-94-68(66(89)90)36-50(78)56(74-40(2)76)60(96-68)58(82)52(80)38-72-64(86)46-21-17-42(18-22-46)48-12-6-8-14-54(48)92-4;/h5-8,11-26,49-52,55-60,77-82H,9-10,27-38H2,1-4H3,(H,69,83)(H,70,84)(H,71,85)(H,72,86)(H,73,75)(H,74,76)(H,87,88)(H,89,90);/q;+1/t49-,50-,51+,52+,55+,56+,57?,58?,59+,60+,67+,68+;/m0./s1. The van der Waals surface area contributed by atoms with Crippen LogP contribution in [0.5, 0.6) is 11.5 Å². The Morgan fingerprint density at radius 2 is 0.818 bits per heavy atom. The number of carbonyl (C=O) groups excluding carboxylic acids is 6. The largest absolute Gasteiger partial charge is 1.00 e. The molecule has 530 valence electrons. The number of methoxy groups -OCH3 is 2. The van der Waals surface area contributed by atoms with Crippen molar-refractivity contribution in [2.24, 2.45) is 0 Å². The van der Waals surface area contributed by atoms with Gasteiger partial charge in [-0.2, -0.15) is 23.5 Å². The predicted molar refractivity (Wildman–Crippen MR) is 359 cm³/mol. The summed E-state index contributed by atoms with van der Waals surface area (Å²) in [5, 5.41) is 103. The number of nitrogens with one attached hydrogen (secondary N) is 6. The minimum atomic E-state index is -2.50. The molecule has 31 heteroatoms. The number of para-hydroxylation sites is 2. The van der Waals surface area contributed by atoms with E-state index in [1.807, 2.05) is 36.4 Å². The average Bonchev–Trinajstić information content (AvgIpc) is 0.770. The van der Waals surface area contributed by atoms with Crippen LogP contribution in [-0.4, -0.2) is 237 Å². The maximum Gasteiger partial charge on any atom is 1.00 e. The summed E-state index contributed by atoms with van der Waals surface area (Å²) in [6.45, 7) is 1.33. The number of rotatable bonds is 36. The average molecular weight is 1420 g/mol. The van der Waals surface area contributed by atoms with Crippen LogP contribution in [0.3, 0.4) is 0 Å². The molecule has 2 aliphatic rings. The van der Waals surface area contributed by atoms with Gasteiger partial charge in [0.25, 0.3) is 35.2 Å². The summed E-state index contributed by atoms with van der Waals surface area (Å²) in [4.78, 5) is 102. The molecule has 0 bridgehead atoms. The van der Waals surface area contributed by atoms with Crippen LogP contribution in [0.25, 0.3) is 22.3 Å². The number of carboxylic acids is 2. The van der Waals surface area contributed by atoms with Gasteiger partial charge >= 0.3 is 41.5 Å². The molecule has 0 aromatic heterocycles. The van der Waals surface area contributed by atoms with E-state index in [1.54, 1.807) is 74.9 Å². The molecule has 7 rings (SSSR count). The third-order valence-corrected chi connectivity index (χ3v) is 18.2. The number of amides is 6. The molecule has 5 aromatic rings. The van der Waals surface area contributed by atoms with Crippen LogP contribution >= 0.6 is 23.5 Å². The summed E-state index contributed by atoms with van der Waals surface area (Å²) in [7, 11) is 3.09. The van der Waals surface area contributed by atoms with Gasteiger partial charge < -0.3 is 101 Å². The number of carboxylic acid groups (broad SMARTS) is 2. The molecule has 2 unspecified atom stereocenters. The van der Waals surface area contributed by atoms with Gasteiger partial charge in [0.05, 0.1) is 63.9 Å². The van der Waals surface area contributed by atoms with E-state index in [0.29, 0.717) is 45.6 Å². The van der Waals surface area contributed by atoms with Crippen LogP contribution in [0.1, 0.15) is 81.0 Å². The molecule has 2 fully saturated rings. The molecule has 0 radical (unpaired) electrons. The van der Waals surface area contributed by atoms with E-state index < -0.39 is 146 Å². The molecule has 28 nitrogen and oxygen atoms in total. The van der Waals surface area contributed by atoms with Crippen molar-refractivity contribution >= 4 is 70.9 Å². The summed E-state index contributed by atoms with van der Waals surface area (Å²) in [6.07, 6.45) is -14.9. The predicted octanol–water partition coefficient (Wildman–Crippen LogP) is -1.04. The number of aliphatic carboxylic acids is 2. The van der Waals surface area contributed by atoms with Crippen LogP contribution in [0.4, 0.5) is 0 Å². The van der Waals surface area contributed by atoms with E-state index >= 15 is 0 Å². The second kappa shape index (κ2) is 39.1. The van der Waals surface area contributed by atoms with Crippen molar-refractivity contribution in [3.8, 4) is 33.8 Å². The molecule has 2 aliphatic heterocycles. The van der Waals surface area contributed by atoms with Crippen LogP contribution in [-0.2, 0) is 38.1 Å². The molecule has 0 saturated carbocycles. The van der Waals surface area contributed by atoms with Gasteiger partial charge in [0, 0.05) is 97.8 Å². The van der Waals surface area contributed by atoms with Crippen molar-refractivity contribution in [2.75, 3.05) is 76.6 Å². The van der Waals surface area contributed by atoms with E-state index in [4.69, 9.17) is 28.4 Å². The van der Waals surface area contributed by atoms with Gasteiger partial charge in [0.2, 0.25) is 11.8 Å². The number of hydrogen-bond donors (Lipinski definition) is 14. The summed E-state index contributed by atoms with van der Waals surface area (Å²) >= 11 is 2.83. The maximum atomic E-state index is 13.1. The minimum Gasteiger partial charge on any atom is -0.496 e. The Kier molecular flexibility index (Phi) is 31.9. The van der Waals surface area contributed by atoms with Crippen molar-refractivity contribution in [3.63, 3.8) is 0 Å². The van der Waals surface area contributed by atoms with Crippen LogP contribution < -0.4 is 70.9 Å². The first-order valence-electron chi connectivity index (χ1n) is 31.5. The Bertz CT molecular complexity index is 3290. The van der Waals surface area contributed by atoms with E-state index in [2.05, 4.69) is 31.9 Å². The van der Waals surface area contributed by atoms with E-state index in [-0.39, 0.29) is 79.8 Å². The number of hydrogen-bond acceptors (Lipinski definition) is 22. The second-order valence-electron chi connectivity index (χ2n) is 23.1. The number of carbonyl (C=O) groups is 8. The zero-order chi connectivity index (χ0) is 71.1. The fraction of sp³-hybridized carbons (Fsp3) is 0.441. The Hall–Kier alpha value is -7.24. The van der Waals surface area contributed by atoms with E-state index in [0.717, 1.165) is 36.1 Å². The molecule has 14 N–H and O–H groups in total. The molecule has 0 aliphatic carbocycles. The maximum absolute atomic E-state index is 13.1. The molecule has 12 atom stereocenters. The van der Waals surface area contributed by atoms with Crippen LogP contribution in [0.2, 0.25) is 0 Å². The first-order valence-corrected chi connectivity index (χ1v) is 33.8. The van der Waals surface area contributed by atoms with Crippen molar-refractivity contribution in [2.45, 2.75) is 112 Å². The first-order chi connectivity index (χ1) is 46.9. The fourth-order valence-corrected chi connectivity index (χ4v) is 12.5. The Morgan fingerprint density at radius 1 is 0.495 bits per heavy atom.